The summed E-state index contributed by atoms with van der Waals surface area (Å²) < 4.78 is 63.0. The van der Waals surface area contributed by atoms with Crippen molar-refractivity contribution in [1.29, 1.82) is 5.26 Å². The number of nitrogens with one attached hydrogen (secondary N) is 1. The van der Waals surface area contributed by atoms with Crippen LogP contribution in [0.3, 0.4) is 0 Å². The molecule has 0 aliphatic carbocycles. The van der Waals surface area contributed by atoms with E-state index in [2.05, 4.69) is 15.5 Å². The fourth-order valence-electron chi connectivity index (χ4n) is 2.37. The molecule has 0 spiro atoms. The smallest absolute Gasteiger partial charge is 0.371 e. The molecule has 0 fully saturated rings. The first-order chi connectivity index (χ1) is 11.4. The Bertz CT molecular complexity index is 928. The van der Waals surface area contributed by atoms with Crippen molar-refractivity contribution in [2.75, 3.05) is 13.3 Å². The monoisotopic (exact) mass is 412 g/mol. The quantitative estimate of drug-likeness (QED) is 0.819. The molecule has 0 bridgehead atoms. The zero-order chi connectivity index (χ0) is 19.2. The van der Waals surface area contributed by atoms with Crippen LogP contribution in [0.15, 0.2) is 33.1 Å². The van der Waals surface area contributed by atoms with Crippen molar-refractivity contribution in [3.05, 3.63) is 44.0 Å². The number of rotatable bonds is 3. The third kappa shape index (κ3) is 3.19. The molecule has 0 saturated heterocycles. The Balaban J connectivity index is 2.87. The highest BCUT2D eigenvalue weighted by Gasteiger charge is 2.51. The van der Waals surface area contributed by atoms with Gasteiger partial charge in [-0.25, -0.2) is 8.42 Å². The van der Waals surface area contributed by atoms with Gasteiger partial charge in [-0.15, -0.1) is 5.11 Å². The number of hydrogen-bond acceptors (Lipinski definition) is 6. The summed E-state index contributed by atoms with van der Waals surface area (Å²) in [5.74, 6) is -0.226. The maximum atomic E-state index is 12.9. The number of sulfone groups is 1. The minimum absolute atomic E-state index is 0.226. The summed E-state index contributed by atoms with van der Waals surface area (Å²) in [6, 6.07) is 2.77. The third-order valence-electron chi connectivity index (χ3n) is 3.34. The second-order valence-corrected chi connectivity index (χ2v) is 7.80. The fraction of sp³-hybridized carbons (Fsp3) is 0.308. The number of nitriles is 1. The lowest BCUT2D eigenvalue weighted by atomic mass is 9.91. The lowest BCUT2D eigenvalue weighted by Crippen LogP contribution is -2.29. The Kier molecular flexibility index (Phi) is 4.80. The minimum atomic E-state index is -4.73. The number of alkyl halides is 3. The number of hydrogen-bond donors (Lipinski definition) is 1. The van der Waals surface area contributed by atoms with E-state index in [1.807, 2.05) is 0 Å². The van der Waals surface area contributed by atoms with Gasteiger partial charge in [-0.2, -0.15) is 23.5 Å². The molecule has 25 heavy (non-hydrogen) atoms. The molecule has 1 aromatic rings. The summed E-state index contributed by atoms with van der Waals surface area (Å²) in [7, 11) is -2.69. The van der Waals surface area contributed by atoms with E-state index in [1.54, 1.807) is 6.07 Å². The highest BCUT2D eigenvalue weighted by molar-refractivity contribution is 7.94. The van der Waals surface area contributed by atoms with Crippen molar-refractivity contribution in [2.45, 2.75) is 11.7 Å². The topological polar surface area (TPSA) is 94.7 Å². The second-order valence-electron chi connectivity index (χ2n) is 5.03. The van der Waals surface area contributed by atoms with E-state index < -0.39 is 42.1 Å². The molecular formula is C13H9Cl2F3N4O2S. The zero-order valence-electron chi connectivity index (χ0n) is 12.6. The molecule has 0 radical (unpaired) electrons. The fourth-order valence-corrected chi connectivity index (χ4v) is 4.35. The number of halogens is 5. The summed E-state index contributed by atoms with van der Waals surface area (Å²) >= 11 is 11.8. The van der Waals surface area contributed by atoms with Gasteiger partial charge < -0.3 is 5.32 Å². The van der Waals surface area contributed by atoms with Crippen molar-refractivity contribution in [1.82, 2.24) is 5.32 Å². The van der Waals surface area contributed by atoms with E-state index in [9.17, 15) is 26.9 Å². The second kappa shape index (κ2) is 6.16. The highest BCUT2D eigenvalue weighted by atomic mass is 35.5. The molecule has 1 aromatic carbocycles. The molecule has 0 amide bonds. The van der Waals surface area contributed by atoms with Crippen LogP contribution in [-0.2, 0) is 21.6 Å². The Labute approximate surface area is 150 Å². The molecule has 134 valence electrons. The molecule has 1 unspecified atom stereocenters. The lowest BCUT2D eigenvalue weighted by Gasteiger charge is -2.23. The average Bonchev–Trinajstić information content (AvgIpc) is 2.85. The molecule has 6 nitrogen and oxygen atoms in total. The van der Waals surface area contributed by atoms with Gasteiger partial charge in [0.15, 0.2) is 15.7 Å². The highest BCUT2D eigenvalue weighted by Crippen LogP contribution is 2.49. The maximum absolute atomic E-state index is 12.9. The molecule has 1 aliphatic heterocycles. The molecule has 1 N–H and O–H groups in total. The summed E-state index contributed by atoms with van der Waals surface area (Å²) in [5, 5.41) is 18.3. The molecule has 1 aliphatic rings. The van der Waals surface area contributed by atoms with Gasteiger partial charge >= 0.3 is 6.18 Å². The van der Waals surface area contributed by atoms with Gasteiger partial charge in [-0.3, -0.25) is 0 Å². The molecule has 12 heteroatoms. The molecule has 0 saturated carbocycles. The van der Waals surface area contributed by atoms with E-state index in [1.165, 1.54) is 7.05 Å². The van der Waals surface area contributed by atoms with E-state index in [-0.39, 0.29) is 11.4 Å². The molecule has 1 atom stereocenters. The van der Waals surface area contributed by atoms with Crippen LogP contribution in [0.5, 0.6) is 0 Å². The Morgan fingerprint density at radius 2 is 1.80 bits per heavy atom. The summed E-state index contributed by atoms with van der Waals surface area (Å²) in [6.45, 7) is 0. The van der Waals surface area contributed by atoms with E-state index in [0.29, 0.717) is 12.1 Å². The van der Waals surface area contributed by atoms with Gasteiger partial charge in [0, 0.05) is 28.9 Å². The van der Waals surface area contributed by atoms with E-state index in [4.69, 9.17) is 23.2 Å². The molecule has 2 rings (SSSR count). The predicted octanol–water partition coefficient (Wildman–Crippen LogP) is 3.63. The average molecular weight is 413 g/mol. The normalized spacial score (nSPS) is 20.7. The molecule has 0 aromatic heterocycles. The van der Waals surface area contributed by atoms with Gasteiger partial charge in [0.1, 0.15) is 11.0 Å². The van der Waals surface area contributed by atoms with E-state index >= 15 is 0 Å². The van der Waals surface area contributed by atoms with Crippen LogP contribution >= 0.6 is 23.2 Å². The van der Waals surface area contributed by atoms with Crippen LogP contribution in [0.25, 0.3) is 0 Å². The first kappa shape index (κ1) is 19.5. The van der Waals surface area contributed by atoms with Crippen LogP contribution in [0.4, 0.5) is 13.2 Å². The number of azo groups is 1. The lowest BCUT2D eigenvalue weighted by molar-refractivity contribution is -0.137. The largest absolute Gasteiger partial charge is 0.416 e. The van der Waals surface area contributed by atoms with Gasteiger partial charge in [0.2, 0.25) is 5.54 Å². The summed E-state index contributed by atoms with van der Waals surface area (Å²) in [6.07, 6.45) is -3.91. The van der Waals surface area contributed by atoms with Crippen molar-refractivity contribution < 1.29 is 21.6 Å². The summed E-state index contributed by atoms with van der Waals surface area (Å²) in [4.78, 5) is -0.548. The Morgan fingerprint density at radius 1 is 1.28 bits per heavy atom. The van der Waals surface area contributed by atoms with Crippen molar-refractivity contribution in [3.8, 4) is 6.07 Å². The van der Waals surface area contributed by atoms with Crippen LogP contribution in [0.2, 0.25) is 10.0 Å². The van der Waals surface area contributed by atoms with Crippen molar-refractivity contribution in [2.24, 2.45) is 10.2 Å². The minimum Gasteiger partial charge on any atom is -0.371 e. The maximum Gasteiger partial charge on any atom is 0.416 e. The predicted molar refractivity (Wildman–Crippen MR) is 84.5 cm³/mol. The number of benzene rings is 1. The summed E-state index contributed by atoms with van der Waals surface area (Å²) in [5.41, 5.74) is -3.82. The zero-order valence-corrected chi connectivity index (χ0v) is 14.9. The van der Waals surface area contributed by atoms with Crippen LogP contribution in [0.1, 0.15) is 11.1 Å². The van der Waals surface area contributed by atoms with Crippen LogP contribution < -0.4 is 5.32 Å². The van der Waals surface area contributed by atoms with Crippen molar-refractivity contribution in [3.63, 3.8) is 0 Å². The first-order valence-corrected chi connectivity index (χ1v) is 9.06. The number of nitrogens with zero attached hydrogens (tertiary/aromatic N) is 3. The van der Waals surface area contributed by atoms with Gasteiger partial charge in [0.25, 0.3) is 0 Å². The van der Waals surface area contributed by atoms with Gasteiger partial charge in [-0.05, 0) is 12.1 Å². The van der Waals surface area contributed by atoms with E-state index in [0.717, 1.165) is 6.26 Å². The van der Waals surface area contributed by atoms with Crippen LogP contribution in [0, 0.1) is 11.3 Å². The Morgan fingerprint density at radius 3 is 2.16 bits per heavy atom. The SMILES string of the molecule is CNC1=C(S(C)(=O)=O)C(C#N)(c2c(Cl)cc(C(F)(F)F)cc2Cl)N=N1. The van der Waals surface area contributed by atoms with Gasteiger partial charge in [-0.1, -0.05) is 23.2 Å². The molecular weight excluding hydrogens is 404 g/mol. The Hall–Kier alpha value is -1.83. The third-order valence-corrected chi connectivity index (χ3v) is 5.17. The standard InChI is InChI=1S/C13H9Cl2F3N4O2S/c1-20-11-10(25(2,23)24)12(5-19,22-21-11)9-7(14)3-6(4-8(9)15)13(16,17)18/h3-4,20H,1-2H3. The first-order valence-electron chi connectivity index (χ1n) is 6.42. The molecule has 1 heterocycles. The van der Waals surface area contributed by atoms with Crippen molar-refractivity contribution >= 4 is 33.0 Å². The van der Waals surface area contributed by atoms with Gasteiger partial charge in [0.05, 0.1) is 5.56 Å². The van der Waals surface area contributed by atoms with Crippen LogP contribution in [-0.4, -0.2) is 21.7 Å².